The number of para-hydroxylation sites is 1. The predicted octanol–water partition coefficient (Wildman–Crippen LogP) is 6.55. The van der Waals surface area contributed by atoms with Crippen LogP contribution in [0.1, 0.15) is 11.3 Å². The molecule has 3 aromatic carbocycles. The summed E-state index contributed by atoms with van der Waals surface area (Å²) in [6.07, 6.45) is 1.62. The van der Waals surface area contributed by atoms with Crippen LogP contribution in [0, 0.1) is 10.1 Å². The molecule has 7 heteroatoms. The zero-order valence-corrected chi connectivity index (χ0v) is 17.1. The minimum atomic E-state index is -0.466. The summed E-state index contributed by atoms with van der Waals surface area (Å²) in [5.41, 5.74) is 2.46. The van der Waals surface area contributed by atoms with Gasteiger partial charge in [0.1, 0.15) is 11.5 Å². The summed E-state index contributed by atoms with van der Waals surface area (Å²) in [6, 6.07) is 27.6. The first-order valence-electron chi connectivity index (χ1n) is 9.55. The summed E-state index contributed by atoms with van der Waals surface area (Å²) in [5.74, 6) is 0.941. The number of hydrazone groups is 1. The molecule has 0 atom stereocenters. The number of nitrogens with zero attached hydrogens (tertiary/aromatic N) is 3. The Bertz CT molecular complexity index is 1210. The Morgan fingerprint density at radius 3 is 2.39 bits per heavy atom. The first-order chi connectivity index (χ1) is 15.1. The molecule has 0 spiro atoms. The molecular weight excluding hydrogens is 414 g/mol. The number of rotatable bonds is 7. The second kappa shape index (κ2) is 9.28. The highest BCUT2D eigenvalue weighted by molar-refractivity contribution is 6.33. The molecule has 0 aliphatic heterocycles. The number of non-ortho nitro benzene ring substituents is 1. The van der Waals surface area contributed by atoms with Gasteiger partial charge in [-0.25, -0.2) is 0 Å². The summed E-state index contributed by atoms with van der Waals surface area (Å²) in [7, 11) is 0. The third-order valence-corrected chi connectivity index (χ3v) is 4.94. The SMILES string of the molecule is O=[N+]([O-])c1ccc(Cl)c(-c2ccc(/C=N/N(Cc3ccccc3)c3ccccc3)o2)c1. The number of hydrogen-bond donors (Lipinski definition) is 0. The topological polar surface area (TPSA) is 71.9 Å². The normalized spacial score (nSPS) is 11.0. The van der Waals surface area contributed by atoms with Crippen molar-refractivity contribution in [3.8, 4) is 11.3 Å². The van der Waals surface area contributed by atoms with Crippen LogP contribution in [0.5, 0.6) is 0 Å². The molecule has 0 saturated heterocycles. The van der Waals surface area contributed by atoms with E-state index in [1.54, 1.807) is 18.3 Å². The van der Waals surface area contributed by atoms with Gasteiger partial charge in [-0.3, -0.25) is 15.1 Å². The Hall–Kier alpha value is -3.90. The van der Waals surface area contributed by atoms with E-state index in [0.29, 0.717) is 28.7 Å². The molecule has 0 aliphatic rings. The van der Waals surface area contributed by atoms with E-state index in [0.717, 1.165) is 11.3 Å². The molecule has 0 bridgehead atoms. The summed E-state index contributed by atoms with van der Waals surface area (Å²) in [5, 5.41) is 17.9. The lowest BCUT2D eigenvalue weighted by Gasteiger charge is -2.19. The molecule has 6 nitrogen and oxygen atoms in total. The molecule has 4 rings (SSSR count). The largest absolute Gasteiger partial charge is 0.455 e. The van der Waals surface area contributed by atoms with Crippen LogP contribution in [-0.4, -0.2) is 11.1 Å². The van der Waals surface area contributed by atoms with E-state index in [2.05, 4.69) is 5.10 Å². The molecule has 0 saturated carbocycles. The quantitative estimate of drug-likeness (QED) is 0.189. The number of halogens is 1. The van der Waals surface area contributed by atoms with Gasteiger partial charge in [0.05, 0.1) is 28.4 Å². The number of hydrogen-bond acceptors (Lipinski definition) is 5. The van der Waals surface area contributed by atoms with Gasteiger partial charge in [0.25, 0.3) is 5.69 Å². The van der Waals surface area contributed by atoms with E-state index in [1.807, 2.05) is 65.7 Å². The zero-order valence-electron chi connectivity index (χ0n) is 16.4. The Morgan fingerprint density at radius 2 is 1.68 bits per heavy atom. The van der Waals surface area contributed by atoms with Crippen molar-refractivity contribution in [1.82, 2.24) is 0 Å². The maximum absolute atomic E-state index is 11.1. The van der Waals surface area contributed by atoms with E-state index in [-0.39, 0.29) is 5.69 Å². The van der Waals surface area contributed by atoms with Crippen LogP contribution in [0.15, 0.2) is 101 Å². The predicted molar refractivity (Wildman–Crippen MR) is 122 cm³/mol. The minimum absolute atomic E-state index is 0.0517. The molecule has 154 valence electrons. The fourth-order valence-electron chi connectivity index (χ4n) is 3.06. The van der Waals surface area contributed by atoms with Crippen LogP contribution in [0.25, 0.3) is 11.3 Å². The van der Waals surface area contributed by atoms with Crippen molar-refractivity contribution >= 4 is 29.2 Å². The summed E-state index contributed by atoms with van der Waals surface area (Å²) in [4.78, 5) is 10.6. The number of anilines is 1. The van der Waals surface area contributed by atoms with Gasteiger partial charge in [-0.1, -0.05) is 60.1 Å². The summed E-state index contributed by atoms with van der Waals surface area (Å²) < 4.78 is 5.84. The fourth-order valence-corrected chi connectivity index (χ4v) is 3.28. The van der Waals surface area contributed by atoms with Gasteiger partial charge >= 0.3 is 0 Å². The average molecular weight is 432 g/mol. The van der Waals surface area contributed by atoms with Crippen LogP contribution in [0.4, 0.5) is 11.4 Å². The van der Waals surface area contributed by atoms with E-state index in [4.69, 9.17) is 16.0 Å². The van der Waals surface area contributed by atoms with Gasteiger partial charge in [-0.15, -0.1) is 0 Å². The number of benzene rings is 3. The number of nitro benzene ring substituents is 1. The smallest absolute Gasteiger partial charge is 0.270 e. The van der Waals surface area contributed by atoms with Gasteiger partial charge in [-0.05, 0) is 35.9 Å². The van der Waals surface area contributed by atoms with Crippen LogP contribution in [0.2, 0.25) is 5.02 Å². The third kappa shape index (κ3) is 4.99. The maximum Gasteiger partial charge on any atom is 0.270 e. The summed E-state index contributed by atoms with van der Waals surface area (Å²) in [6.45, 7) is 0.589. The van der Waals surface area contributed by atoms with Crippen LogP contribution < -0.4 is 5.01 Å². The van der Waals surface area contributed by atoms with Crippen molar-refractivity contribution in [1.29, 1.82) is 0 Å². The standard InChI is InChI=1S/C24H18ClN3O3/c25-23-13-11-20(28(29)30)15-22(23)24-14-12-21(31-24)16-26-27(19-9-5-2-6-10-19)17-18-7-3-1-4-8-18/h1-16H,17H2/b26-16+. The molecule has 0 aliphatic carbocycles. The van der Waals surface area contributed by atoms with Crippen molar-refractivity contribution in [3.63, 3.8) is 0 Å². The molecule has 0 amide bonds. The first-order valence-corrected chi connectivity index (χ1v) is 9.92. The second-order valence-electron chi connectivity index (χ2n) is 6.75. The lowest BCUT2D eigenvalue weighted by Crippen LogP contribution is -2.15. The van der Waals surface area contributed by atoms with Crippen molar-refractivity contribution in [2.75, 3.05) is 5.01 Å². The average Bonchev–Trinajstić information content (AvgIpc) is 3.27. The highest BCUT2D eigenvalue weighted by atomic mass is 35.5. The third-order valence-electron chi connectivity index (χ3n) is 4.61. The summed E-state index contributed by atoms with van der Waals surface area (Å²) >= 11 is 6.22. The van der Waals surface area contributed by atoms with E-state index >= 15 is 0 Å². The Morgan fingerprint density at radius 1 is 0.968 bits per heavy atom. The molecular formula is C24H18ClN3O3. The highest BCUT2D eigenvalue weighted by Gasteiger charge is 2.14. The molecule has 31 heavy (non-hydrogen) atoms. The van der Waals surface area contributed by atoms with E-state index in [1.165, 1.54) is 18.2 Å². The molecule has 4 aromatic rings. The zero-order chi connectivity index (χ0) is 21.6. The molecule has 0 N–H and O–H groups in total. The minimum Gasteiger partial charge on any atom is -0.455 e. The number of furan rings is 1. The van der Waals surface area contributed by atoms with Gasteiger partial charge in [-0.2, -0.15) is 5.10 Å². The molecule has 1 aromatic heterocycles. The number of nitro groups is 1. The van der Waals surface area contributed by atoms with Crippen molar-refractivity contribution in [3.05, 3.63) is 117 Å². The molecule has 0 fully saturated rings. The Labute approximate surface area is 184 Å². The van der Waals surface area contributed by atoms with Crippen LogP contribution in [-0.2, 0) is 6.54 Å². The van der Waals surface area contributed by atoms with Crippen LogP contribution in [0.3, 0.4) is 0 Å². The Balaban J connectivity index is 1.60. The monoisotopic (exact) mass is 431 g/mol. The fraction of sp³-hybridized carbons (Fsp3) is 0.0417. The molecule has 0 radical (unpaired) electrons. The van der Waals surface area contributed by atoms with Gasteiger partial charge in [0, 0.05) is 17.7 Å². The highest BCUT2D eigenvalue weighted by Crippen LogP contribution is 2.32. The van der Waals surface area contributed by atoms with Crippen molar-refractivity contribution < 1.29 is 9.34 Å². The van der Waals surface area contributed by atoms with Gasteiger partial charge in [0.15, 0.2) is 0 Å². The Kier molecular flexibility index (Phi) is 6.10. The van der Waals surface area contributed by atoms with Crippen molar-refractivity contribution in [2.45, 2.75) is 6.54 Å². The van der Waals surface area contributed by atoms with Gasteiger partial charge in [0.2, 0.25) is 0 Å². The molecule has 0 unspecified atom stereocenters. The second-order valence-corrected chi connectivity index (χ2v) is 7.15. The van der Waals surface area contributed by atoms with Gasteiger partial charge < -0.3 is 4.42 Å². The van der Waals surface area contributed by atoms with Crippen LogP contribution >= 0.6 is 11.6 Å². The lowest BCUT2D eigenvalue weighted by molar-refractivity contribution is -0.384. The molecule has 1 heterocycles. The maximum atomic E-state index is 11.1. The first kappa shape index (κ1) is 20.4. The van der Waals surface area contributed by atoms with E-state index < -0.39 is 4.92 Å². The van der Waals surface area contributed by atoms with E-state index in [9.17, 15) is 10.1 Å². The van der Waals surface area contributed by atoms with Crippen molar-refractivity contribution in [2.24, 2.45) is 5.10 Å². The lowest BCUT2D eigenvalue weighted by atomic mass is 10.1.